The molecule has 0 saturated carbocycles. The molecule has 0 aliphatic carbocycles. The molecule has 0 nitrogen and oxygen atoms in total. The zero-order valence-corrected chi connectivity index (χ0v) is 13.3. The molecule has 2 heteroatoms. The molecule has 72 valence electrons. The second kappa shape index (κ2) is 6.92. The van der Waals surface area contributed by atoms with Crippen LogP contribution in [-0.4, -0.2) is 0 Å². The molecule has 2 aromatic carbocycles. The van der Waals surface area contributed by atoms with Gasteiger partial charge in [0.1, 0.15) is 0 Å². The quantitative estimate of drug-likeness (QED) is 0.544. The summed E-state index contributed by atoms with van der Waals surface area (Å²) in [6.07, 6.45) is 0. The molecule has 2 rings (SSSR count). The van der Waals surface area contributed by atoms with E-state index in [9.17, 15) is 0 Å². The predicted molar refractivity (Wildman–Crippen MR) is 64.4 cm³/mol. The van der Waals surface area contributed by atoms with E-state index in [1.54, 1.807) is 0 Å². The van der Waals surface area contributed by atoms with E-state index >= 15 is 0 Å². The van der Waals surface area contributed by atoms with E-state index in [2.05, 4.69) is 56.9 Å². The molecule has 0 spiro atoms. The molecule has 0 N–H and O–H groups in total. The first-order chi connectivity index (χ1) is 7.38. The van der Waals surface area contributed by atoms with Crippen LogP contribution in [0.2, 0.25) is 0 Å². The summed E-state index contributed by atoms with van der Waals surface area (Å²) in [5, 5.41) is 0. The van der Waals surface area contributed by atoms with E-state index in [1.807, 2.05) is 18.2 Å². The first-order valence-corrected chi connectivity index (χ1v) is 11.6. The summed E-state index contributed by atoms with van der Waals surface area (Å²) < 4.78 is 0. The molecule has 0 atom stereocenters. The van der Waals surface area contributed by atoms with Crippen LogP contribution < -0.4 is 0 Å². The fraction of sp³-hybridized carbons (Fsp3) is 0.0769. The Morgan fingerprint density at radius 2 is 1.73 bits per heavy atom. The van der Waals surface area contributed by atoms with Crippen LogP contribution >= 0.6 is 13.6 Å². The Bertz CT molecular complexity index is 398. The number of rotatable bonds is 1. The van der Waals surface area contributed by atoms with Crippen LogP contribution in [0.15, 0.2) is 48.5 Å². The molecular formula is C13H11BrZn. The third-order valence-electron chi connectivity index (χ3n) is 2.16. The van der Waals surface area contributed by atoms with Crippen LogP contribution in [0.4, 0.5) is 0 Å². The van der Waals surface area contributed by atoms with Gasteiger partial charge < -0.3 is 0 Å². The first-order valence-electron chi connectivity index (χ1n) is 4.67. The van der Waals surface area contributed by atoms with Gasteiger partial charge in [0.05, 0.1) is 0 Å². The number of hydrogen-bond acceptors (Lipinski definition) is 0. The van der Waals surface area contributed by atoms with Crippen LogP contribution in [0.1, 0.15) is 5.56 Å². The van der Waals surface area contributed by atoms with E-state index < -0.39 is 0 Å². The summed E-state index contributed by atoms with van der Waals surface area (Å²) in [6, 6.07) is 19.6. The molecule has 2 aromatic rings. The van der Waals surface area contributed by atoms with Crippen molar-refractivity contribution >= 4 is 13.6 Å². The van der Waals surface area contributed by atoms with E-state index in [1.165, 1.54) is 33.0 Å². The van der Waals surface area contributed by atoms with Crippen molar-refractivity contribution < 1.29 is 16.3 Å². The predicted octanol–water partition coefficient (Wildman–Crippen LogP) is 4.31. The van der Waals surface area contributed by atoms with Gasteiger partial charge in [0.2, 0.25) is 0 Å². The van der Waals surface area contributed by atoms with Crippen LogP contribution in [0, 0.1) is 13.0 Å². The maximum atomic E-state index is 3.07. The van der Waals surface area contributed by atoms with Gasteiger partial charge in [-0.3, -0.25) is 0 Å². The molecule has 15 heavy (non-hydrogen) atoms. The number of hydrogen-bond donors (Lipinski definition) is 0. The summed E-state index contributed by atoms with van der Waals surface area (Å²) in [4.78, 5) is 0. The van der Waals surface area contributed by atoms with Crippen molar-refractivity contribution in [2.45, 2.75) is 6.92 Å². The third-order valence-corrected chi connectivity index (χ3v) is 2.16. The first kappa shape index (κ1) is 12.6. The van der Waals surface area contributed by atoms with Crippen molar-refractivity contribution in [3.8, 4) is 11.1 Å². The normalized spacial score (nSPS) is 9.07. The summed E-state index contributed by atoms with van der Waals surface area (Å²) >= 11 is 4.25. The van der Waals surface area contributed by atoms with E-state index in [-0.39, 0.29) is 0 Å². The van der Waals surface area contributed by atoms with Gasteiger partial charge in [-0.15, -0.1) is 5.56 Å². The Kier molecular flexibility index (Phi) is 5.82. The molecule has 0 saturated heterocycles. The molecule has 0 aliphatic rings. The average molecular weight is 313 g/mol. The summed E-state index contributed by atoms with van der Waals surface area (Å²) in [6.45, 7) is 2.11. The van der Waals surface area contributed by atoms with E-state index in [0.29, 0.717) is 0 Å². The monoisotopic (exact) mass is 310 g/mol. The summed E-state index contributed by atoms with van der Waals surface area (Å²) in [5.41, 5.74) is 3.84. The van der Waals surface area contributed by atoms with Gasteiger partial charge in [-0.1, -0.05) is 37.3 Å². The molecule has 0 amide bonds. The Balaban J connectivity index is 0.000000531. The molecule has 0 bridgehead atoms. The van der Waals surface area contributed by atoms with Crippen molar-refractivity contribution in [1.82, 2.24) is 0 Å². The van der Waals surface area contributed by atoms with Crippen LogP contribution in [0.5, 0.6) is 0 Å². The molecule has 0 unspecified atom stereocenters. The van der Waals surface area contributed by atoms with Gasteiger partial charge >= 0.3 is 30.0 Å². The average Bonchev–Trinajstić information content (AvgIpc) is 2.33. The molecular weight excluding hydrogens is 301 g/mol. The van der Waals surface area contributed by atoms with Crippen LogP contribution in [0.3, 0.4) is 0 Å². The van der Waals surface area contributed by atoms with Crippen LogP contribution in [0.25, 0.3) is 11.1 Å². The fourth-order valence-corrected chi connectivity index (χ4v) is 1.46. The molecule has 0 aliphatic heterocycles. The van der Waals surface area contributed by atoms with Crippen LogP contribution in [-0.2, 0) is 16.3 Å². The van der Waals surface area contributed by atoms with Gasteiger partial charge in [-0.2, -0.15) is 29.8 Å². The van der Waals surface area contributed by atoms with Gasteiger partial charge in [0.25, 0.3) is 0 Å². The number of benzene rings is 2. The van der Waals surface area contributed by atoms with Gasteiger partial charge in [0.15, 0.2) is 0 Å². The number of aryl methyl sites for hydroxylation is 1. The Morgan fingerprint density at radius 1 is 1.07 bits per heavy atom. The topological polar surface area (TPSA) is 0 Å². The minimum atomic E-state index is 1.19. The van der Waals surface area contributed by atoms with E-state index in [4.69, 9.17) is 0 Å². The van der Waals surface area contributed by atoms with Gasteiger partial charge in [-0.05, 0) is 5.56 Å². The summed E-state index contributed by atoms with van der Waals surface area (Å²) in [5.74, 6) is 0. The van der Waals surface area contributed by atoms with Gasteiger partial charge in [-0.25, -0.2) is 0 Å². The second-order valence-electron chi connectivity index (χ2n) is 3.11. The number of halogens is 1. The molecule has 0 radical (unpaired) electrons. The zero-order valence-electron chi connectivity index (χ0n) is 8.70. The second-order valence-corrected chi connectivity index (χ2v) is 3.11. The molecule has 0 aromatic heterocycles. The van der Waals surface area contributed by atoms with Crippen molar-refractivity contribution in [2.24, 2.45) is 0 Å². The SMILES string of the molecule is Cc1c[c-]ccc1-c1ccccc1.[Zn+][Br]. The Labute approximate surface area is 108 Å². The third kappa shape index (κ3) is 3.55. The van der Waals surface area contributed by atoms with Crippen molar-refractivity contribution in [3.63, 3.8) is 0 Å². The molecule has 0 fully saturated rings. The maximum absolute atomic E-state index is 3.07. The fourth-order valence-electron chi connectivity index (χ4n) is 1.46. The molecule has 0 heterocycles. The standard InChI is InChI=1S/C13H11.BrH.Zn/c1-11-7-5-6-10-13(11)12-8-3-2-4-9-12;;/h2-4,6-10H,1H3;1H;/q-1;;+2/p-1. The van der Waals surface area contributed by atoms with Crippen molar-refractivity contribution in [2.75, 3.05) is 0 Å². The summed E-state index contributed by atoms with van der Waals surface area (Å²) in [7, 11) is 0. The zero-order chi connectivity index (χ0) is 11.1. The minimum absolute atomic E-state index is 1.19. The Morgan fingerprint density at radius 3 is 2.33 bits per heavy atom. The van der Waals surface area contributed by atoms with Gasteiger partial charge in [0, 0.05) is 0 Å². The van der Waals surface area contributed by atoms with E-state index in [0.717, 1.165) is 0 Å². The van der Waals surface area contributed by atoms with Crippen molar-refractivity contribution in [1.29, 1.82) is 0 Å². The Hall–Kier alpha value is -0.457. The van der Waals surface area contributed by atoms with Crippen molar-refractivity contribution in [3.05, 3.63) is 60.2 Å².